The van der Waals surface area contributed by atoms with Gasteiger partial charge in [-0.3, -0.25) is 0 Å². The van der Waals surface area contributed by atoms with E-state index in [9.17, 15) is 8.42 Å². The highest BCUT2D eigenvalue weighted by Crippen LogP contribution is 2.23. The first kappa shape index (κ1) is 14.2. The fourth-order valence-corrected chi connectivity index (χ4v) is 3.66. The molecule has 0 radical (unpaired) electrons. The molecule has 19 heavy (non-hydrogen) atoms. The molecule has 0 bridgehead atoms. The number of nitrogens with zero attached hydrogens (tertiary/aromatic N) is 3. The van der Waals surface area contributed by atoms with E-state index in [1.807, 2.05) is 14.1 Å². The number of hydrazine groups is 1. The van der Waals surface area contributed by atoms with Crippen LogP contribution in [0.3, 0.4) is 0 Å². The van der Waals surface area contributed by atoms with Crippen LogP contribution in [0.2, 0.25) is 0 Å². The van der Waals surface area contributed by atoms with Crippen LogP contribution in [0.5, 0.6) is 0 Å². The van der Waals surface area contributed by atoms with Crippen molar-refractivity contribution in [2.45, 2.75) is 17.4 Å². The Bertz CT molecular complexity index is 546. The highest BCUT2D eigenvalue weighted by atomic mass is 32.2. The molecule has 3 N–H and O–H groups in total. The van der Waals surface area contributed by atoms with E-state index in [2.05, 4.69) is 15.3 Å². The summed E-state index contributed by atoms with van der Waals surface area (Å²) >= 11 is 0. The van der Waals surface area contributed by atoms with Crippen LogP contribution in [0.4, 0.5) is 5.82 Å². The average molecular weight is 285 g/mol. The number of rotatable bonds is 4. The second-order valence-corrected chi connectivity index (χ2v) is 6.73. The molecule has 2 heterocycles. The first-order chi connectivity index (χ1) is 8.95. The van der Waals surface area contributed by atoms with Crippen LogP contribution in [0, 0.1) is 0 Å². The lowest BCUT2D eigenvalue weighted by molar-refractivity contribution is 0.302. The number of sulfonamides is 1. The van der Waals surface area contributed by atoms with Gasteiger partial charge in [-0.2, -0.15) is 4.31 Å². The third-order valence-electron chi connectivity index (χ3n) is 3.37. The lowest BCUT2D eigenvalue weighted by Gasteiger charge is -2.20. The van der Waals surface area contributed by atoms with Crippen LogP contribution in [0.25, 0.3) is 0 Å². The fourth-order valence-electron chi connectivity index (χ4n) is 2.15. The lowest BCUT2D eigenvalue weighted by atomic mass is 10.2. The molecule has 2 rings (SSSR count). The molecule has 1 aromatic rings. The summed E-state index contributed by atoms with van der Waals surface area (Å²) in [6.07, 6.45) is 2.28. The van der Waals surface area contributed by atoms with E-state index in [1.54, 1.807) is 0 Å². The summed E-state index contributed by atoms with van der Waals surface area (Å²) < 4.78 is 26.5. The smallest absolute Gasteiger partial charge is 0.243 e. The summed E-state index contributed by atoms with van der Waals surface area (Å²) in [6.45, 7) is 1.06. The predicted octanol–water partition coefficient (Wildman–Crippen LogP) is -0.308. The number of nitrogens with two attached hydrogens (primary N) is 1. The number of aromatic nitrogens is 1. The van der Waals surface area contributed by atoms with E-state index >= 15 is 0 Å². The Kier molecular flexibility index (Phi) is 4.04. The lowest BCUT2D eigenvalue weighted by Crippen LogP contribution is -2.34. The Balaban J connectivity index is 2.23. The van der Waals surface area contributed by atoms with Crippen molar-refractivity contribution in [3.05, 3.63) is 18.3 Å². The highest BCUT2D eigenvalue weighted by molar-refractivity contribution is 7.89. The topological polar surface area (TPSA) is 91.6 Å². The number of anilines is 1. The number of nitrogen functional groups attached to an aromatic ring is 1. The minimum absolute atomic E-state index is 0.217. The summed E-state index contributed by atoms with van der Waals surface area (Å²) in [5.74, 6) is 5.59. The van der Waals surface area contributed by atoms with E-state index in [1.165, 1.54) is 22.6 Å². The quantitative estimate of drug-likeness (QED) is 0.582. The molecule has 0 saturated carbocycles. The molecule has 1 atom stereocenters. The van der Waals surface area contributed by atoms with Crippen molar-refractivity contribution in [2.24, 2.45) is 5.84 Å². The maximum atomic E-state index is 12.5. The summed E-state index contributed by atoms with van der Waals surface area (Å²) in [4.78, 5) is 6.18. The van der Waals surface area contributed by atoms with Gasteiger partial charge in [0.25, 0.3) is 0 Å². The Labute approximate surface area is 113 Å². The SMILES string of the molecule is CN(C)C1CCN(S(=O)(=O)c2ccnc(NN)c2)C1. The molecule has 1 unspecified atom stereocenters. The molecular formula is C11H19N5O2S. The Morgan fingerprint density at radius 2 is 2.26 bits per heavy atom. The van der Waals surface area contributed by atoms with E-state index in [4.69, 9.17) is 5.84 Å². The molecule has 1 saturated heterocycles. The molecular weight excluding hydrogens is 266 g/mol. The third kappa shape index (κ3) is 2.86. The monoisotopic (exact) mass is 285 g/mol. The van der Waals surface area contributed by atoms with E-state index in [0.29, 0.717) is 18.9 Å². The molecule has 0 amide bonds. The molecule has 1 aliphatic rings. The maximum Gasteiger partial charge on any atom is 0.243 e. The third-order valence-corrected chi connectivity index (χ3v) is 5.23. The van der Waals surface area contributed by atoms with Crippen LogP contribution in [0.1, 0.15) is 6.42 Å². The second-order valence-electron chi connectivity index (χ2n) is 4.79. The summed E-state index contributed by atoms with van der Waals surface area (Å²) in [5, 5.41) is 0. The van der Waals surface area contributed by atoms with Crippen LogP contribution in [-0.4, -0.2) is 55.8 Å². The Hall–Kier alpha value is -1.22. The minimum atomic E-state index is -3.47. The van der Waals surface area contributed by atoms with Gasteiger partial charge in [-0.05, 0) is 26.6 Å². The van der Waals surface area contributed by atoms with Crippen LogP contribution in [-0.2, 0) is 10.0 Å². The van der Waals surface area contributed by atoms with Crippen LogP contribution >= 0.6 is 0 Å². The van der Waals surface area contributed by atoms with Crippen molar-refractivity contribution in [3.63, 3.8) is 0 Å². The van der Waals surface area contributed by atoms with Crippen molar-refractivity contribution < 1.29 is 8.42 Å². The van der Waals surface area contributed by atoms with Gasteiger partial charge in [0.2, 0.25) is 10.0 Å². The largest absolute Gasteiger partial charge is 0.308 e. The zero-order chi connectivity index (χ0) is 14.0. The fraction of sp³-hybridized carbons (Fsp3) is 0.545. The van der Waals surface area contributed by atoms with Crippen LogP contribution in [0.15, 0.2) is 23.2 Å². The molecule has 8 heteroatoms. The summed E-state index contributed by atoms with van der Waals surface area (Å²) in [6, 6.07) is 3.20. The van der Waals surface area contributed by atoms with Gasteiger partial charge >= 0.3 is 0 Å². The van der Waals surface area contributed by atoms with Gasteiger partial charge in [0.15, 0.2) is 0 Å². The molecule has 0 spiro atoms. The summed E-state index contributed by atoms with van der Waals surface area (Å²) in [7, 11) is 0.457. The number of pyridine rings is 1. The van der Waals surface area contributed by atoms with Gasteiger partial charge in [-0.25, -0.2) is 19.2 Å². The predicted molar refractivity (Wildman–Crippen MR) is 72.9 cm³/mol. The molecule has 1 fully saturated rings. The Morgan fingerprint density at radius 3 is 2.84 bits per heavy atom. The van der Waals surface area contributed by atoms with Crippen LogP contribution < -0.4 is 11.3 Å². The number of likely N-dealkylation sites (N-methyl/N-ethyl adjacent to an activating group) is 1. The van der Waals surface area contributed by atoms with Crippen molar-refractivity contribution >= 4 is 15.8 Å². The van der Waals surface area contributed by atoms with Crippen molar-refractivity contribution in [3.8, 4) is 0 Å². The maximum absolute atomic E-state index is 12.5. The van der Waals surface area contributed by atoms with Gasteiger partial charge < -0.3 is 10.3 Å². The standard InChI is InChI=1S/C11H19N5O2S/c1-15(2)9-4-6-16(8-9)19(17,18)10-3-5-13-11(7-10)14-12/h3,5,7,9H,4,6,8,12H2,1-2H3,(H,13,14). The molecule has 0 aliphatic carbocycles. The zero-order valence-electron chi connectivity index (χ0n) is 11.1. The van der Waals surface area contributed by atoms with E-state index in [-0.39, 0.29) is 10.9 Å². The van der Waals surface area contributed by atoms with Crippen molar-refractivity contribution in [1.29, 1.82) is 0 Å². The van der Waals surface area contributed by atoms with Gasteiger partial charge in [0.05, 0.1) is 4.90 Å². The zero-order valence-corrected chi connectivity index (χ0v) is 11.9. The van der Waals surface area contributed by atoms with Gasteiger partial charge in [0.1, 0.15) is 5.82 Å². The number of hydrogen-bond donors (Lipinski definition) is 2. The normalized spacial score (nSPS) is 20.9. The van der Waals surface area contributed by atoms with Crippen molar-refractivity contribution in [2.75, 3.05) is 32.6 Å². The molecule has 0 aromatic carbocycles. The van der Waals surface area contributed by atoms with Crippen molar-refractivity contribution in [1.82, 2.24) is 14.2 Å². The first-order valence-corrected chi connectivity index (χ1v) is 7.48. The Morgan fingerprint density at radius 1 is 1.53 bits per heavy atom. The summed E-state index contributed by atoms with van der Waals surface area (Å²) in [5.41, 5.74) is 2.35. The number of hydrogen-bond acceptors (Lipinski definition) is 6. The molecule has 106 valence electrons. The van der Waals surface area contributed by atoms with Gasteiger partial charge in [-0.1, -0.05) is 0 Å². The van der Waals surface area contributed by atoms with E-state index in [0.717, 1.165) is 6.42 Å². The minimum Gasteiger partial charge on any atom is -0.308 e. The van der Waals surface area contributed by atoms with E-state index < -0.39 is 10.0 Å². The number of nitrogens with one attached hydrogen (secondary N) is 1. The van der Waals surface area contributed by atoms with Gasteiger partial charge in [-0.15, -0.1) is 0 Å². The highest BCUT2D eigenvalue weighted by Gasteiger charge is 2.33. The first-order valence-electron chi connectivity index (χ1n) is 6.04. The van der Waals surface area contributed by atoms with Gasteiger partial charge in [0, 0.05) is 31.4 Å². The molecule has 1 aliphatic heterocycles. The molecule has 7 nitrogen and oxygen atoms in total. The molecule has 1 aromatic heterocycles. The average Bonchev–Trinajstić information content (AvgIpc) is 2.89. The second kappa shape index (κ2) is 5.41.